The molecule has 0 saturated heterocycles. The lowest BCUT2D eigenvalue weighted by Crippen LogP contribution is -2.15. The first-order chi connectivity index (χ1) is 9.51. The Morgan fingerprint density at radius 3 is 2.60 bits per heavy atom. The fourth-order valence-corrected chi connectivity index (χ4v) is 1.51. The zero-order chi connectivity index (χ0) is 14.7. The van der Waals surface area contributed by atoms with Gasteiger partial charge in [0.1, 0.15) is 0 Å². The van der Waals surface area contributed by atoms with E-state index in [-0.39, 0.29) is 17.3 Å². The number of benzene rings is 1. The highest BCUT2D eigenvalue weighted by atomic mass is 16.5. The summed E-state index contributed by atoms with van der Waals surface area (Å²) in [6.07, 6.45) is 0. The van der Waals surface area contributed by atoms with Gasteiger partial charge in [-0.25, -0.2) is 4.98 Å². The van der Waals surface area contributed by atoms with E-state index in [2.05, 4.69) is 20.5 Å². The van der Waals surface area contributed by atoms with E-state index in [1.165, 1.54) is 25.3 Å². The van der Waals surface area contributed by atoms with Crippen LogP contribution in [0.4, 0.5) is 5.95 Å². The van der Waals surface area contributed by atoms with Gasteiger partial charge in [-0.1, -0.05) is 0 Å². The molecule has 0 unspecified atom stereocenters. The number of amides is 1. The molecule has 2 rings (SSSR count). The number of phenols is 1. The molecule has 2 aromatic rings. The number of anilines is 1. The van der Waals surface area contributed by atoms with Crippen LogP contribution in [0.25, 0.3) is 0 Å². The van der Waals surface area contributed by atoms with Gasteiger partial charge in [0.15, 0.2) is 11.5 Å². The van der Waals surface area contributed by atoms with Gasteiger partial charge in [-0.15, -0.1) is 5.10 Å². The zero-order valence-electron chi connectivity index (χ0n) is 11.3. The van der Waals surface area contributed by atoms with Gasteiger partial charge in [-0.05, 0) is 32.0 Å². The molecular weight excluding hydrogens is 260 g/mol. The number of carbonyl (C=O) groups excluding carboxylic acids is 1. The van der Waals surface area contributed by atoms with E-state index in [0.29, 0.717) is 17.1 Å². The molecule has 0 aliphatic carbocycles. The maximum atomic E-state index is 12.0. The van der Waals surface area contributed by atoms with E-state index < -0.39 is 5.91 Å². The molecule has 7 nitrogen and oxygen atoms in total. The number of nitrogens with zero attached hydrogens (tertiary/aromatic N) is 3. The van der Waals surface area contributed by atoms with E-state index >= 15 is 0 Å². The van der Waals surface area contributed by atoms with Crippen molar-refractivity contribution >= 4 is 11.9 Å². The molecule has 0 bridgehead atoms. The highest BCUT2D eigenvalue weighted by Crippen LogP contribution is 2.26. The Kier molecular flexibility index (Phi) is 3.79. The van der Waals surface area contributed by atoms with Crippen molar-refractivity contribution in [2.24, 2.45) is 0 Å². The largest absolute Gasteiger partial charge is 0.504 e. The Morgan fingerprint density at radius 1 is 1.25 bits per heavy atom. The number of phenolic OH excluding ortho intramolecular Hbond substituents is 1. The van der Waals surface area contributed by atoms with Gasteiger partial charge in [0.05, 0.1) is 18.5 Å². The Hall–Kier alpha value is -2.70. The first kappa shape index (κ1) is 13.7. The molecule has 20 heavy (non-hydrogen) atoms. The summed E-state index contributed by atoms with van der Waals surface area (Å²) in [5, 5.41) is 19.8. The molecule has 0 radical (unpaired) electrons. The third kappa shape index (κ3) is 2.82. The highest BCUT2D eigenvalue weighted by Gasteiger charge is 2.12. The van der Waals surface area contributed by atoms with Crippen LogP contribution < -0.4 is 10.1 Å². The first-order valence-electron chi connectivity index (χ1n) is 5.87. The smallest absolute Gasteiger partial charge is 0.258 e. The fourth-order valence-electron chi connectivity index (χ4n) is 1.51. The van der Waals surface area contributed by atoms with Crippen LogP contribution in [0.15, 0.2) is 18.2 Å². The quantitative estimate of drug-likeness (QED) is 0.879. The Bertz CT molecular complexity index is 658. The molecule has 0 aliphatic rings. The van der Waals surface area contributed by atoms with Crippen LogP contribution in [-0.2, 0) is 0 Å². The molecule has 1 aromatic heterocycles. The van der Waals surface area contributed by atoms with Crippen LogP contribution in [0, 0.1) is 13.8 Å². The maximum absolute atomic E-state index is 12.0. The fraction of sp³-hybridized carbons (Fsp3) is 0.231. The van der Waals surface area contributed by atoms with Gasteiger partial charge in [-0.3, -0.25) is 10.1 Å². The minimum atomic E-state index is -0.437. The van der Waals surface area contributed by atoms with Crippen LogP contribution in [0.5, 0.6) is 11.5 Å². The van der Waals surface area contributed by atoms with E-state index in [4.69, 9.17) is 4.74 Å². The molecule has 2 N–H and O–H groups in total. The van der Waals surface area contributed by atoms with E-state index in [0.717, 1.165) is 0 Å². The van der Waals surface area contributed by atoms with Crippen molar-refractivity contribution in [3.05, 3.63) is 35.2 Å². The number of carbonyl (C=O) groups is 1. The Morgan fingerprint density at radius 2 is 2.00 bits per heavy atom. The summed E-state index contributed by atoms with van der Waals surface area (Å²) in [5.41, 5.74) is 1.66. The second-order valence-corrected chi connectivity index (χ2v) is 4.15. The van der Waals surface area contributed by atoms with Crippen molar-refractivity contribution < 1.29 is 14.6 Å². The van der Waals surface area contributed by atoms with Crippen molar-refractivity contribution in [3.8, 4) is 11.5 Å². The second-order valence-electron chi connectivity index (χ2n) is 4.15. The van der Waals surface area contributed by atoms with Crippen molar-refractivity contribution in [1.82, 2.24) is 15.2 Å². The maximum Gasteiger partial charge on any atom is 0.258 e. The number of nitrogens with one attached hydrogen (secondary N) is 1. The molecule has 7 heteroatoms. The normalized spacial score (nSPS) is 10.2. The van der Waals surface area contributed by atoms with Crippen LogP contribution in [0.2, 0.25) is 0 Å². The van der Waals surface area contributed by atoms with E-state index in [1.54, 1.807) is 13.8 Å². The molecular formula is C13H14N4O3. The lowest BCUT2D eigenvalue weighted by molar-refractivity contribution is 0.102. The summed E-state index contributed by atoms with van der Waals surface area (Å²) in [7, 11) is 1.43. The van der Waals surface area contributed by atoms with Gasteiger partial charge < -0.3 is 9.84 Å². The highest BCUT2D eigenvalue weighted by molar-refractivity contribution is 6.03. The summed E-state index contributed by atoms with van der Waals surface area (Å²) in [5.74, 6) is -0.133. The molecule has 0 fully saturated rings. The number of aromatic hydroxyl groups is 1. The summed E-state index contributed by atoms with van der Waals surface area (Å²) in [6, 6.07) is 4.34. The Balaban J connectivity index is 2.19. The van der Waals surface area contributed by atoms with Crippen LogP contribution in [-0.4, -0.2) is 33.3 Å². The third-order valence-corrected chi connectivity index (χ3v) is 2.76. The van der Waals surface area contributed by atoms with Crippen molar-refractivity contribution in [2.75, 3.05) is 12.4 Å². The van der Waals surface area contributed by atoms with Gasteiger partial charge in [0.2, 0.25) is 5.95 Å². The molecule has 0 atom stereocenters. The number of hydrogen-bond donors (Lipinski definition) is 2. The zero-order valence-corrected chi connectivity index (χ0v) is 11.3. The molecule has 0 saturated carbocycles. The number of ether oxygens (including phenoxy) is 1. The Labute approximate surface area is 115 Å². The van der Waals surface area contributed by atoms with Crippen molar-refractivity contribution in [1.29, 1.82) is 0 Å². The van der Waals surface area contributed by atoms with Gasteiger partial charge in [-0.2, -0.15) is 5.10 Å². The third-order valence-electron chi connectivity index (χ3n) is 2.76. The van der Waals surface area contributed by atoms with Gasteiger partial charge >= 0.3 is 0 Å². The molecule has 1 amide bonds. The average molecular weight is 274 g/mol. The standard InChI is InChI=1S/C13H14N4O3/c1-7-8(2)16-17-13(14-7)15-12(19)9-4-5-11(20-3)10(18)6-9/h4-6,18H,1-3H3,(H,14,15,17,19). The number of aryl methyl sites for hydroxylation is 2. The summed E-state index contributed by atoms with van der Waals surface area (Å²) in [6.45, 7) is 3.56. The van der Waals surface area contributed by atoms with Crippen LogP contribution >= 0.6 is 0 Å². The minimum Gasteiger partial charge on any atom is -0.504 e. The van der Waals surface area contributed by atoms with Crippen LogP contribution in [0.1, 0.15) is 21.7 Å². The molecule has 104 valence electrons. The van der Waals surface area contributed by atoms with Crippen molar-refractivity contribution in [3.63, 3.8) is 0 Å². The lowest BCUT2D eigenvalue weighted by Gasteiger charge is -2.07. The number of hydrogen-bond acceptors (Lipinski definition) is 6. The molecule has 1 heterocycles. The predicted octanol–water partition coefficient (Wildman–Crippen LogP) is 1.45. The average Bonchev–Trinajstić information content (AvgIpc) is 2.42. The number of rotatable bonds is 3. The lowest BCUT2D eigenvalue weighted by atomic mass is 10.2. The monoisotopic (exact) mass is 274 g/mol. The van der Waals surface area contributed by atoms with E-state index in [1.807, 2.05) is 0 Å². The molecule has 1 aromatic carbocycles. The number of aromatic nitrogens is 3. The minimum absolute atomic E-state index is 0.112. The summed E-state index contributed by atoms with van der Waals surface area (Å²) < 4.78 is 4.91. The predicted molar refractivity (Wildman–Crippen MR) is 71.9 cm³/mol. The number of methoxy groups -OCH3 is 1. The topological polar surface area (TPSA) is 97.2 Å². The van der Waals surface area contributed by atoms with Gasteiger partial charge in [0, 0.05) is 5.56 Å². The summed E-state index contributed by atoms with van der Waals surface area (Å²) in [4.78, 5) is 16.1. The molecule has 0 spiro atoms. The van der Waals surface area contributed by atoms with E-state index in [9.17, 15) is 9.90 Å². The molecule has 0 aliphatic heterocycles. The second kappa shape index (κ2) is 5.52. The van der Waals surface area contributed by atoms with Gasteiger partial charge in [0.25, 0.3) is 5.91 Å². The van der Waals surface area contributed by atoms with Crippen LogP contribution in [0.3, 0.4) is 0 Å². The van der Waals surface area contributed by atoms with Crippen molar-refractivity contribution in [2.45, 2.75) is 13.8 Å². The first-order valence-corrected chi connectivity index (χ1v) is 5.87. The SMILES string of the molecule is COc1ccc(C(=O)Nc2nnc(C)c(C)n2)cc1O. The summed E-state index contributed by atoms with van der Waals surface area (Å²) >= 11 is 0.